The number of urea groups is 1. The highest BCUT2D eigenvalue weighted by atomic mass is 35.5. The average Bonchev–Trinajstić information content (AvgIpc) is 3.28. The molecule has 1 saturated heterocycles. The Kier molecular flexibility index (Phi) is 7.39. The first kappa shape index (κ1) is 25.1. The van der Waals surface area contributed by atoms with Crippen LogP contribution in [0.1, 0.15) is 18.9 Å². The second kappa shape index (κ2) is 10.3. The van der Waals surface area contributed by atoms with Crippen LogP contribution in [0.4, 0.5) is 22.2 Å². The molecule has 0 saturated carbocycles. The van der Waals surface area contributed by atoms with Crippen LogP contribution in [-0.4, -0.2) is 68.5 Å². The van der Waals surface area contributed by atoms with E-state index in [1.165, 1.54) is 24.0 Å². The SMILES string of the molecule is CCC(=O)NC1COCC1Nc1ncc2c(n1)N(C)C(=O)N(c1c(Cl)c(OC)cc(OC)c1Cl)C2. The smallest absolute Gasteiger partial charge is 0.330 e. The van der Waals surface area contributed by atoms with Gasteiger partial charge in [0.25, 0.3) is 0 Å². The highest BCUT2D eigenvalue weighted by Crippen LogP contribution is 2.47. The largest absolute Gasteiger partial charge is 0.495 e. The van der Waals surface area contributed by atoms with Gasteiger partial charge >= 0.3 is 6.03 Å². The number of nitrogens with one attached hydrogen (secondary N) is 2. The van der Waals surface area contributed by atoms with Crippen molar-refractivity contribution in [2.75, 3.05) is 49.6 Å². The van der Waals surface area contributed by atoms with Gasteiger partial charge in [-0.15, -0.1) is 0 Å². The second-order valence-corrected chi connectivity index (χ2v) is 8.80. The van der Waals surface area contributed by atoms with Gasteiger partial charge in [-0.1, -0.05) is 30.1 Å². The van der Waals surface area contributed by atoms with Gasteiger partial charge < -0.3 is 24.8 Å². The normalized spacial score (nSPS) is 19.4. The molecule has 1 fully saturated rings. The summed E-state index contributed by atoms with van der Waals surface area (Å²) in [5.74, 6) is 1.35. The first-order chi connectivity index (χ1) is 16.8. The molecule has 2 aliphatic rings. The van der Waals surface area contributed by atoms with Gasteiger partial charge in [0, 0.05) is 31.3 Å². The van der Waals surface area contributed by atoms with Crippen molar-refractivity contribution in [1.29, 1.82) is 0 Å². The molecule has 13 heteroatoms. The maximum Gasteiger partial charge on any atom is 0.330 e. The fraction of sp³-hybridized carbons (Fsp3) is 0.455. The number of rotatable bonds is 7. The fourth-order valence-corrected chi connectivity index (χ4v) is 4.68. The maximum absolute atomic E-state index is 13.4. The molecule has 0 bridgehead atoms. The van der Waals surface area contributed by atoms with Crippen molar-refractivity contribution in [3.05, 3.63) is 27.9 Å². The summed E-state index contributed by atoms with van der Waals surface area (Å²) >= 11 is 13.1. The highest BCUT2D eigenvalue weighted by Gasteiger charge is 2.35. The van der Waals surface area contributed by atoms with E-state index in [0.29, 0.717) is 48.5 Å². The first-order valence-corrected chi connectivity index (χ1v) is 11.7. The number of methoxy groups -OCH3 is 2. The zero-order valence-corrected chi connectivity index (χ0v) is 21.2. The van der Waals surface area contributed by atoms with Crippen LogP contribution >= 0.6 is 23.2 Å². The monoisotopic (exact) mass is 524 g/mol. The summed E-state index contributed by atoms with van der Waals surface area (Å²) in [5.41, 5.74) is 0.955. The van der Waals surface area contributed by atoms with Crippen LogP contribution in [0, 0.1) is 0 Å². The van der Waals surface area contributed by atoms with E-state index in [1.807, 2.05) is 0 Å². The van der Waals surface area contributed by atoms with E-state index in [-0.39, 0.29) is 40.3 Å². The molecule has 0 radical (unpaired) electrons. The van der Waals surface area contributed by atoms with Gasteiger partial charge in [-0.25, -0.2) is 9.78 Å². The van der Waals surface area contributed by atoms with E-state index in [4.69, 9.17) is 37.4 Å². The zero-order chi connectivity index (χ0) is 25.3. The topological polar surface area (TPSA) is 118 Å². The molecule has 2 atom stereocenters. The van der Waals surface area contributed by atoms with E-state index in [0.717, 1.165) is 0 Å². The first-order valence-electron chi connectivity index (χ1n) is 10.9. The maximum atomic E-state index is 13.4. The molecule has 3 amide bonds. The van der Waals surface area contributed by atoms with E-state index in [2.05, 4.69) is 20.6 Å². The molecule has 35 heavy (non-hydrogen) atoms. The van der Waals surface area contributed by atoms with E-state index in [9.17, 15) is 9.59 Å². The Morgan fingerprint density at radius 3 is 2.49 bits per heavy atom. The van der Waals surface area contributed by atoms with Crippen molar-refractivity contribution in [3.63, 3.8) is 0 Å². The van der Waals surface area contributed by atoms with Crippen LogP contribution in [0.3, 0.4) is 0 Å². The molecule has 11 nitrogen and oxygen atoms in total. The van der Waals surface area contributed by atoms with Crippen molar-refractivity contribution >= 4 is 52.6 Å². The Morgan fingerprint density at radius 2 is 1.86 bits per heavy atom. The van der Waals surface area contributed by atoms with Crippen molar-refractivity contribution in [3.8, 4) is 11.5 Å². The molecule has 1 aromatic carbocycles. The number of hydrogen-bond donors (Lipinski definition) is 2. The lowest BCUT2D eigenvalue weighted by atomic mass is 10.1. The minimum absolute atomic E-state index is 0.0597. The third kappa shape index (κ3) is 4.75. The summed E-state index contributed by atoms with van der Waals surface area (Å²) in [7, 11) is 4.54. The number of fused-ring (bicyclic) bond motifs is 1. The molecule has 2 N–H and O–H groups in total. The van der Waals surface area contributed by atoms with E-state index < -0.39 is 6.03 Å². The molecule has 4 rings (SSSR count). The minimum atomic E-state index is -0.390. The number of carbonyl (C=O) groups excluding carboxylic acids is 2. The average molecular weight is 525 g/mol. The number of nitrogens with zero attached hydrogens (tertiary/aromatic N) is 4. The molecular formula is C22H26Cl2N6O5. The van der Waals surface area contributed by atoms with Crippen LogP contribution in [0.5, 0.6) is 11.5 Å². The van der Waals surface area contributed by atoms with E-state index >= 15 is 0 Å². The number of benzene rings is 1. The van der Waals surface area contributed by atoms with Crippen LogP contribution < -0.4 is 29.9 Å². The summed E-state index contributed by atoms with van der Waals surface area (Å²) < 4.78 is 16.2. The molecule has 3 heterocycles. The van der Waals surface area contributed by atoms with Gasteiger partial charge in [0.1, 0.15) is 27.4 Å². The molecular weight excluding hydrogens is 499 g/mol. The quantitative estimate of drug-likeness (QED) is 0.567. The Balaban J connectivity index is 1.61. The number of anilines is 3. The molecule has 1 aromatic heterocycles. The number of amides is 3. The van der Waals surface area contributed by atoms with Crippen LogP contribution in [0.2, 0.25) is 10.0 Å². The number of aromatic nitrogens is 2. The van der Waals surface area contributed by atoms with Gasteiger partial charge in [-0.05, 0) is 0 Å². The van der Waals surface area contributed by atoms with Crippen molar-refractivity contribution < 1.29 is 23.8 Å². The van der Waals surface area contributed by atoms with Crippen LogP contribution in [0.15, 0.2) is 12.3 Å². The molecule has 2 unspecified atom stereocenters. The lowest BCUT2D eigenvalue weighted by Gasteiger charge is -2.35. The molecule has 0 aliphatic carbocycles. The Hall–Kier alpha value is -3.02. The standard InChI is InChI=1S/C22H26Cl2N6O5/c1-5-16(31)26-12-9-35-10-13(12)27-21-25-7-11-8-30(22(32)29(2)20(11)28-21)19-17(23)14(33-3)6-15(34-4)18(19)24/h6-7,12-13H,5,8-10H2,1-4H3,(H,26,31)(H,25,27,28). The fourth-order valence-electron chi connectivity index (χ4n) is 3.98. The Labute approximate surface area is 212 Å². The van der Waals surface area contributed by atoms with Crippen molar-refractivity contribution in [2.45, 2.75) is 32.0 Å². The summed E-state index contributed by atoms with van der Waals surface area (Å²) in [5, 5.41) is 6.51. The number of ether oxygens (including phenoxy) is 3. The minimum Gasteiger partial charge on any atom is -0.495 e. The van der Waals surface area contributed by atoms with Gasteiger partial charge in [-0.2, -0.15) is 4.98 Å². The van der Waals surface area contributed by atoms with Gasteiger partial charge in [0.2, 0.25) is 11.9 Å². The van der Waals surface area contributed by atoms with Gasteiger partial charge in [-0.3, -0.25) is 14.6 Å². The van der Waals surface area contributed by atoms with E-state index in [1.54, 1.807) is 26.2 Å². The summed E-state index contributed by atoms with van der Waals surface area (Å²) in [6.07, 6.45) is 2.02. The predicted molar refractivity (Wildman–Crippen MR) is 132 cm³/mol. The Morgan fingerprint density at radius 1 is 1.20 bits per heavy atom. The predicted octanol–water partition coefficient (Wildman–Crippen LogP) is 3.08. The van der Waals surface area contributed by atoms with Crippen LogP contribution in [0.25, 0.3) is 0 Å². The molecule has 2 aromatic rings. The van der Waals surface area contributed by atoms with Crippen molar-refractivity contribution in [1.82, 2.24) is 15.3 Å². The highest BCUT2D eigenvalue weighted by molar-refractivity contribution is 6.42. The molecule has 2 aliphatic heterocycles. The molecule has 0 spiro atoms. The summed E-state index contributed by atoms with van der Waals surface area (Å²) in [4.78, 5) is 37.0. The number of carbonyl (C=O) groups is 2. The Bertz CT molecular complexity index is 1120. The summed E-state index contributed by atoms with van der Waals surface area (Å²) in [6, 6.07) is 0.763. The third-order valence-electron chi connectivity index (χ3n) is 5.89. The number of halogens is 2. The number of hydrogen-bond acceptors (Lipinski definition) is 8. The molecule has 188 valence electrons. The van der Waals surface area contributed by atoms with Gasteiger partial charge in [0.05, 0.1) is 51.7 Å². The van der Waals surface area contributed by atoms with Gasteiger partial charge in [0.15, 0.2) is 0 Å². The van der Waals surface area contributed by atoms with Crippen LogP contribution in [-0.2, 0) is 16.1 Å². The van der Waals surface area contributed by atoms with Crippen molar-refractivity contribution in [2.24, 2.45) is 0 Å². The zero-order valence-electron chi connectivity index (χ0n) is 19.7. The lowest BCUT2D eigenvalue weighted by molar-refractivity contribution is -0.121. The lowest BCUT2D eigenvalue weighted by Crippen LogP contribution is -2.47. The second-order valence-electron chi connectivity index (χ2n) is 8.04. The summed E-state index contributed by atoms with van der Waals surface area (Å²) in [6.45, 7) is 2.72. The third-order valence-corrected chi connectivity index (χ3v) is 6.62.